The van der Waals surface area contributed by atoms with Gasteiger partial charge in [0, 0.05) is 23.4 Å². The summed E-state index contributed by atoms with van der Waals surface area (Å²) in [6.07, 6.45) is 6.10. The fraction of sp³-hybridized carbons (Fsp3) is 0.417. The van der Waals surface area contributed by atoms with Crippen LogP contribution in [-0.4, -0.2) is 29.2 Å². The summed E-state index contributed by atoms with van der Waals surface area (Å²) < 4.78 is 28.3. The zero-order valence-corrected chi connectivity index (χ0v) is 13.8. The molecule has 0 radical (unpaired) electrons. The second kappa shape index (κ2) is 5.59. The number of piperidine rings is 1. The Morgan fingerprint density at radius 1 is 1.45 bits per heavy atom. The highest BCUT2D eigenvalue weighted by atomic mass is 79.9. The van der Waals surface area contributed by atoms with E-state index in [-0.39, 0.29) is 6.04 Å². The van der Waals surface area contributed by atoms with Gasteiger partial charge in [0.15, 0.2) is 0 Å². The predicted molar refractivity (Wildman–Crippen MR) is 81.1 cm³/mol. The second-order valence-corrected chi connectivity index (χ2v) is 8.51. The number of halogens is 1. The molecular formula is C12H14BrN3O2S2. The first-order valence-corrected chi connectivity index (χ1v) is 9.46. The topological polar surface area (TPSA) is 66.1 Å². The van der Waals surface area contributed by atoms with E-state index in [1.54, 1.807) is 28.1 Å². The molecule has 0 aliphatic carbocycles. The van der Waals surface area contributed by atoms with Gasteiger partial charge in [-0.3, -0.25) is 0 Å². The van der Waals surface area contributed by atoms with Crippen LogP contribution in [0.3, 0.4) is 0 Å². The van der Waals surface area contributed by atoms with Crippen molar-refractivity contribution in [1.82, 2.24) is 14.3 Å². The number of sulfonamides is 1. The number of thiophene rings is 1. The third kappa shape index (κ3) is 2.45. The fourth-order valence-corrected chi connectivity index (χ4v) is 6.58. The number of nitrogens with one attached hydrogen (secondary N) is 1. The lowest BCUT2D eigenvalue weighted by atomic mass is 10.0. The van der Waals surface area contributed by atoms with Crippen molar-refractivity contribution in [2.24, 2.45) is 0 Å². The van der Waals surface area contributed by atoms with Gasteiger partial charge in [0.05, 0.1) is 6.04 Å². The average molecular weight is 376 g/mol. The Kier molecular flexibility index (Phi) is 3.98. The third-order valence-electron chi connectivity index (χ3n) is 3.42. The fourth-order valence-electron chi connectivity index (χ4n) is 2.50. The van der Waals surface area contributed by atoms with Gasteiger partial charge in [0.25, 0.3) is 10.0 Å². The molecule has 2 aromatic heterocycles. The molecule has 3 rings (SSSR count). The summed E-state index contributed by atoms with van der Waals surface area (Å²) in [6.45, 7) is 0.540. The molecule has 0 bridgehead atoms. The summed E-state index contributed by atoms with van der Waals surface area (Å²) in [5.41, 5.74) is 0. The second-order valence-electron chi connectivity index (χ2n) is 4.66. The summed E-state index contributed by atoms with van der Waals surface area (Å²) in [5.74, 6) is 0.723. The lowest BCUT2D eigenvalue weighted by Crippen LogP contribution is -2.38. The molecule has 1 aliphatic rings. The highest BCUT2D eigenvalue weighted by molar-refractivity contribution is 9.10. The molecule has 2 aromatic rings. The van der Waals surface area contributed by atoms with Gasteiger partial charge in [-0.2, -0.15) is 4.31 Å². The molecular weight excluding hydrogens is 362 g/mol. The molecule has 1 unspecified atom stereocenters. The summed E-state index contributed by atoms with van der Waals surface area (Å²) in [6, 6.07) is 1.57. The van der Waals surface area contributed by atoms with Crippen LogP contribution in [0.1, 0.15) is 31.1 Å². The third-order valence-corrected chi connectivity index (χ3v) is 7.97. The zero-order valence-electron chi connectivity index (χ0n) is 10.6. The first kappa shape index (κ1) is 14.2. The minimum Gasteiger partial charge on any atom is -0.347 e. The monoisotopic (exact) mass is 375 g/mol. The average Bonchev–Trinajstić information content (AvgIpc) is 3.09. The van der Waals surface area contributed by atoms with Crippen LogP contribution in [0.15, 0.2) is 32.5 Å². The minimum absolute atomic E-state index is 0.197. The van der Waals surface area contributed by atoms with E-state index in [4.69, 9.17) is 0 Å². The molecule has 0 saturated carbocycles. The van der Waals surface area contributed by atoms with Crippen LogP contribution >= 0.6 is 27.3 Å². The molecule has 0 aromatic carbocycles. The Labute approximate surface area is 130 Å². The summed E-state index contributed by atoms with van der Waals surface area (Å²) in [4.78, 5) is 7.28. The number of nitrogens with zero attached hydrogens (tertiary/aromatic N) is 2. The Morgan fingerprint density at radius 3 is 2.95 bits per heavy atom. The first-order chi connectivity index (χ1) is 9.60. The zero-order chi connectivity index (χ0) is 14.2. The summed E-state index contributed by atoms with van der Waals surface area (Å²) in [5, 5.41) is 1.78. The number of H-pyrrole nitrogens is 1. The van der Waals surface area contributed by atoms with Crippen LogP contribution in [0.2, 0.25) is 0 Å². The molecule has 1 aliphatic heterocycles. The van der Waals surface area contributed by atoms with Gasteiger partial charge in [-0.15, -0.1) is 11.3 Å². The molecule has 0 amide bonds. The number of rotatable bonds is 3. The van der Waals surface area contributed by atoms with Crippen LogP contribution in [0.5, 0.6) is 0 Å². The van der Waals surface area contributed by atoms with Crippen LogP contribution in [0, 0.1) is 0 Å². The Balaban J connectivity index is 2.00. The van der Waals surface area contributed by atoms with Gasteiger partial charge in [-0.1, -0.05) is 6.42 Å². The van der Waals surface area contributed by atoms with Crippen molar-refractivity contribution < 1.29 is 8.42 Å². The highest BCUT2D eigenvalue weighted by Crippen LogP contribution is 2.37. The van der Waals surface area contributed by atoms with Gasteiger partial charge < -0.3 is 4.98 Å². The molecule has 1 atom stereocenters. The Morgan fingerprint density at radius 2 is 2.30 bits per heavy atom. The van der Waals surface area contributed by atoms with E-state index in [1.807, 2.05) is 0 Å². The van der Waals surface area contributed by atoms with Crippen molar-refractivity contribution in [2.75, 3.05) is 6.54 Å². The molecule has 5 nitrogen and oxygen atoms in total. The molecule has 108 valence electrons. The Hall–Kier alpha value is -0.700. The Bertz CT molecular complexity index is 681. The van der Waals surface area contributed by atoms with Crippen molar-refractivity contribution in [1.29, 1.82) is 0 Å². The van der Waals surface area contributed by atoms with Crippen molar-refractivity contribution in [2.45, 2.75) is 29.5 Å². The van der Waals surface area contributed by atoms with Gasteiger partial charge in [0.2, 0.25) is 0 Å². The van der Waals surface area contributed by atoms with Gasteiger partial charge in [-0.05, 0) is 40.2 Å². The lowest BCUT2D eigenvalue weighted by molar-refractivity contribution is 0.248. The van der Waals surface area contributed by atoms with Crippen molar-refractivity contribution in [3.63, 3.8) is 0 Å². The minimum atomic E-state index is -3.48. The number of aromatic amines is 1. The van der Waals surface area contributed by atoms with E-state index in [0.29, 0.717) is 15.2 Å². The quantitative estimate of drug-likeness (QED) is 0.895. The maximum Gasteiger partial charge on any atom is 0.254 e. The molecule has 1 N–H and O–H groups in total. The molecule has 3 heterocycles. The maximum atomic E-state index is 12.8. The molecule has 0 spiro atoms. The predicted octanol–water partition coefficient (Wildman–Crippen LogP) is 3.15. The molecule has 1 saturated heterocycles. The SMILES string of the molecule is O=S(=O)(c1sccc1Br)N1CCCCC1c1ncc[nH]1. The largest absolute Gasteiger partial charge is 0.347 e. The number of imidazole rings is 1. The number of aromatic nitrogens is 2. The standard InChI is InChI=1S/C12H14BrN3O2S2/c13-9-4-8-19-12(9)20(17,18)16-7-2-1-3-10(16)11-14-5-6-15-11/h4-6,8,10H,1-3,7H2,(H,14,15). The molecule has 1 fully saturated rings. The van der Waals surface area contributed by atoms with Crippen LogP contribution in [0.4, 0.5) is 0 Å². The van der Waals surface area contributed by atoms with Gasteiger partial charge in [-0.25, -0.2) is 13.4 Å². The highest BCUT2D eigenvalue weighted by Gasteiger charge is 2.37. The first-order valence-electron chi connectivity index (χ1n) is 6.35. The van der Waals surface area contributed by atoms with Crippen molar-refractivity contribution >= 4 is 37.3 Å². The van der Waals surface area contributed by atoms with Crippen LogP contribution in [-0.2, 0) is 10.0 Å². The van der Waals surface area contributed by atoms with Crippen LogP contribution in [0.25, 0.3) is 0 Å². The van der Waals surface area contributed by atoms with Crippen molar-refractivity contribution in [3.8, 4) is 0 Å². The molecule has 20 heavy (non-hydrogen) atoms. The van der Waals surface area contributed by atoms with E-state index in [2.05, 4.69) is 25.9 Å². The van der Waals surface area contributed by atoms with E-state index in [1.165, 1.54) is 11.3 Å². The van der Waals surface area contributed by atoms with E-state index in [0.717, 1.165) is 25.1 Å². The number of hydrogen-bond donors (Lipinski definition) is 1. The van der Waals surface area contributed by atoms with Crippen molar-refractivity contribution in [3.05, 3.63) is 34.1 Å². The number of hydrogen-bond acceptors (Lipinski definition) is 4. The van der Waals surface area contributed by atoms with Gasteiger partial charge in [0.1, 0.15) is 10.0 Å². The summed E-state index contributed by atoms with van der Waals surface area (Å²) in [7, 11) is -3.48. The lowest BCUT2D eigenvalue weighted by Gasteiger charge is -2.33. The van der Waals surface area contributed by atoms with Gasteiger partial charge >= 0.3 is 0 Å². The van der Waals surface area contributed by atoms with E-state index >= 15 is 0 Å². The summed E-state index contributed by atoms with van der Waals surface area (Å²) >= 11 is 4.56. The van der Waals surface area contributed by atoms with E-state index < -0.39 is 10.0 Å². The molecule has 8 heteroatoms. The normalized spacial score (nSPS) is 21.1. The van der Waals surface area contributed by atoms with E-state index in [9.17, 15) is 8.42 Å². The van der Waals surface area contributed by atoms with Crippen LogP contribution < -0.4 is 0 Å². The maximum absolute atomic E-state index is 12.8. The smallest absolute Gasteiger partial charge is 0.254 e.